The van der Waals surface area contributed by atoms with Crippen molar-refractivity contribution >= 4 is 11.5 Å². The summed E-state index contributed by atoms with van der Waals surface area (Å²) in [7, 11) is 0. The molecule has 0 atom stereocenters. The van der Waals surface area contributed by atoms with Gasteiger partial charge in [-0.1, -0.05) is 36.4 Å². The van der Waals surface area contributed by atoms with E-state index in [9.17, 15) is 4.79 Å². The van der Waals surface area contributed by atoms with E-state index in [4.69, 9.17) is 9.84 Å². The Labute approximate surface area is 123 Å². The van der Waals surface area contributed by atoms with Crippen LogP contribution >= 0.6 is 0 Å². The van der Waals surface area contributed by atoms with E-state index in [-0.39, 0.29) is 0 Å². The van der Waals surface area contributed by atoms with Crippen molar-refractivity contribution in [2.24, 2.45) is 0 Å². The van der Waals surface area contributed by atoms with Crippen LogP contribution in [0.3, 0.4) is 0 Å². The summed E-state index contributed by atoms with van der Waals surface area (Å²) in [5, 5.41) is 8.91. The number of aryl methyl sites for hydroxylation is 1. The molecular formula is C18H16O3. The molecule has 1 aliphatic carbocycles. The molecule has 0 bridgehead atoms. The largest absolute Gasteiger partial charge is 0.489 e. The molecule has 0 unspecified atom stereocenters. The smallest absolute Gasteiger partial charge is 0.328 e. The number of carboxylic acids is 1. The first-order valence-corrected chi connectivity index (χ1v) is 6.96. The van der Waals surface area contributed by atoms with E-state index < -0.39 is 5.97 Å². The lowest BCUT2D eigenvalue weighted by atomic mass is 10.1. The molecule has 0 amide bonds. The highest BCUT2D eigenvalue weighted by Crippen LogP contribution is 2.34. The number of allylic oxidation sites excluding steroid dienone is 1. The van der Waals surface area contributed by atoms with Crippen molar-refractivity contribution in [3.8, 4) is 5.75 Å². The highest BCUT2D eigenvalue weighted by molar-refractivity contribution is 5.91. The van der Waals surface area contributed by atoms with Crippen molar-refractivity contribution in [3.63, 3.8) is 0 Å². The molecule has 0 aliphatic heterocycles. The number of carbonyl (C=O) groups is 1. The van der Waals surface area contributed by atoms with Crippen molar-refractivity contribution in [2.75, 3.05) is 0 Å². The van der Waals surface area contributed by atoms with Crippen molar-refractivity contribution in [2.45, 2.75) is 19.4 Å². The van der Waals surface area contributed by atoms with Gasteiger partial charge < -0.3 is 9.84 Å². The third-order valence-corrected chi connectivity index (χ3v) is 3.64. The highest BCUT2D eigenvalue weighted by Gasteiger charge is 2.17. The molecule has 0 spiro atoms. The molecule has 0 saturated carbocycles. The molecule has 106 valence electrons. The first-order chi connectivity index (χ1) is 10.2. The SMILES string of the molecule is O=C(O)/C=C1\CCc2ccc(OCc3ccccc3)cc21. The molecule has 1 N–H and O–H groups in total. The minimum absolute atomic E-state index is 0.512. The van der Waals surface area contributed by atoms with Gasteiger partial charge in [0.2, 0.25) is 0 Å². The fourth-order valence-electron chi connectivity index (χ4n) is 2.61. The molecule has 21 heavy (non-hydrogen) atoms. The average molecular weight is 280 g/mol. The second-order valence-electron chi connectivity index (χ2n) is 5.10. The second-order valence-corrected chi connectivity index (χ2v) is 5.10. The molecule has 0 fully saturated rings. The molecule has 0 heterocycles. The topological polar surface area (TPSA) is 46.5 Å². The molecule has 0 saturated heterocycles. The molecule has 3 heteroatoms. The van der Waals surface area contributed by atoms with Gasteiger partial charge in [-0.3, -0.25) is 0 Å². The summed E-state index contributed by atoms with van der Waals surface area (Å²) in [5.41, 5.74) is 4.18. The van der Waals surface area contributed by atoms with E-state index in [1.807, 2.05) is 48.5 Å². The summed E-state index contributed by atoms with van der Waals surface area (Å²) in [6.07, 6.45) is 2.98. The highest BCUT2D eigenvalue weighted by atomic mass is 16.5. The van der Waals surface area contributed by atoms with Gasteiger partial charge in [-0.05, 0) is 47.2 Å². The fraction of sp³-hybridized carbons (Fsp3) is 0.167. The molecule has 0 radical (unpaired) electrons. The van der Waals surface area contributed by atoms with Crippen LogP contribution in [0.15, 0.2) is 54.6 Å². The lowest BCUT2D eigenvalue weighted by molar-refractivity contribution is -0.131. The number of aliphatic carboxylic acids is 1. The van der Waals surface area contributed by atoms with Crippen LogP contribution in [0.1, 0.15) is 23.1 Å². The Morgan fingerprint density at radius 3 is 2.71 bits per heavy atom. The van der Waals surface area contributed by atoms with Crippen LogP contribution in [0.5, 0.6) is 5.75 Å². The van der Waals surface area contributed by atoms with Gasteiger partial charge in [0.15, 0.2) is 0 Å². The molecule has 3 rings (SSSR count). The van der Waals surface area contributed by atoms with Gasteiger partial charge in [-0.25, -0.2) is 4.79 Å². The molecule has 3 nitrogen and oxygen atoms in total. The van der Waals surface area contributed by atoms with E-state index in [1.165, 1.54) is 11.6 Å². The summed E-state index contributed by atoms with van der Waals surface area (Å²) in [5.74, 6) is -0.121. The van der Waals surface area contributed by atoms with Gasteiger partial charge in [0.05, 0.1) is 0 Å². The molecule has 2 aromatic rings. The van der Waals surface area contributed by atoms with E-state index in [0.29, 0.717) is 6.61 Å². The number of hydrogen-bond donors (Lipinski definition) is 1. The van der Waals surface area contributed by atoms with Crippen LogP contribution in [-0.2, 0) is 17.8 Å². The fourth-order valence-corrected chi connectivity index (χ4v) is 2.61. The molecule has 1 aliphatic rings. The number of carboxylic acid groups (broad SMARTS) is 1. The Balaban J connectivity index is 1.78. The zero-order valence-corrected chi connectivity index (χ0v) is 11.6. The third-order valence-electron chi connectivity index (χ3n) is 3.64. The van der Waals surface area contributed by atoms with Crippen molar-refractivity contribution in [3.05, 3.63) is 71.3 Å². The van der Waals surface area contributed by atoms with Gasteiger partial charge >= 0.3 is 5.97 Å². The van der Waals surface area contributed by atoms with Crippen molar-refractivity contribution in [1.29, 1.82) is 0 Å². The van der Waals surface area contributed by atoms with E-state index in [2.05, 4.69) is 0 Å². The summed E-state index contributed by atoms with van der Waals surface area (Å²) < 4.78 is 5.80. The zero-order chi connectivity index (χ0) is 14.7. The number of hydrogen-bond acceptors (Lipinski definition) is 2. The minimum Gasteiger partial charge on any atom is -0.489 e. The van der Waals surface area contributed by atoms with Crippen LogP contribution in [0.25, 0.3) is 5.57 Å². The summed E-state index contributed by atoms with van der Waals surface area (Å²) >= 11 is 0. The maximum Gasteiger partial charge on any atom is 0.328 e. The van der Waals surface area contributed by atoms with Crippen LogP contribution < -0.4 is 4.74 Å². The van der Waals surface area contributed by atoms with Gasteiger partial charge in [0, 0.05) is 6.08 Å². The van der Waals surface area contributed by atoms with E-state index in [0.717, 1.165) is 35.3 Å². The first-order valence-electron chi connectivity index (χ1n) is 6.96. The molecular weight excluding hydrogens is 264 g/mol. The Hall–Kier alpha value is -2.55. The molecule has 2 aromatic carbocycles. The predicted molar refractivity (Wildman–Crippen MR) is 81.1 cm³/mol. The van der Waals surface area contributed by atoms with E-state index in [1.54, 1.807) is 0 Å². The predicted octanol–water partition coefficient (Wildman–Crippen LogP) is 3.68. The Kier molecular flexibility index (Phi) is 3.73. The normalized spacial score (nSPS) is 15.0. The summed E-state index contributed by atoms with van der Waals surface area (Å²) in [6.45, 7) is 0.512. The van der Waals surface area contributed by atoms with Gasteiger partial charge in [-0.2, -0.15) is 0 Å². The lowest BCUT2D eigenvalue weighted by Crippen LogP contribution is -1.96. The maximum atomic E-state index is 10.9. The van der Waals surface area contributed by atoms with Gasteiger partial charge in [0.1, 0.15) is 12.4 Å². The zero-order valence-electron chi connectivity index (χ0n) is 11.6. The van der Waals surface area contributed by atoms with Crippen LogP contribution in [0, 0.1) is 0 Å². The van der Waals surface area contributed by atoms with Crippen molar-refractivity contribution in [1.82, 2.24) is 0 Å². The quantitative estimate of drug-likeness (QED) is 0.869. The van der Waals surface area contributed by atoms with Crippen LogP contribution in [0.2, 0.25) is 0 Å². The van der Waals surface area contributed by atoms with Gasteiger partial charge in [0.25, 0.3) is 0 Å². The standard InChI is InChI=1S/C18H16O3/c19-18(20)10-15-7-6-14-8-9-16(11-17(14)15)21-12-13-4-2-1-3-5-13/h1-5,8-11H,6-7,12H2,(H,19,20)/b15-10+. The number of ether oxygens (including phenoxy) is 1. The monoisotopic (exact) mass is 280 g/mol. The summed E-state index contributed by atoms with van der Waals surface area (Å²) in [4.78, 5) is 10.9. The van der Waals surface area contributed by atoms with Crippen LogP contribution in [-0.4, -0.2) is 11.1 Å². The Morgan fingerprint density at radius 2 is 1.95 bits per heavy atom. The Bertz CT molecular complexity index is 687. The van der Waals surface area contributed by atoms with Gasteiger partial charge in [-0.15, -0.1) is 0 Å². The average Bonchev–Trinajstić information content (AvgIpc) is 2.88. The lowest BCUT2D eigenvalue weighted by Gasteiger charge is -2.08. The minimum atomic E-state index is -0.895. The summed E-state index contributed by atoms with van der Waals surface area (Å²) in [6, 6.07) is 15.9. The number of benzene rings is 2. The Morgan fingerprint density at radius 1 is 1.14 bits per heavy atom. The maximum absolute atomic E-state index is 10.9. The molecule has 0 aromatic heterocycles. The number of rotatable bonds is 4. The van der Waals surface area contributed by atoms with E-state index >= 15 is 0 Å². The third kappa shape index (κ3) is 3.14. The first kappa shape index (κ1) is 13.4. The second kappa shape index (κ2) is 5.83. The van der Waals surface area contributed by atoms with Crippen LogP contribution in [0.4, 0.5) is 0 Å². The van der Waals surface area contributed by atoms with Crippen molar-refractivity contribution < 1.29 is 14.6 Å². The number of fused-ring (bicyclic) bond motifs is 1.